The van der Waals surface area contributed by atoms with Crippen molar-refractivity contribution < 1.29 is 14.7 Å². The van der Waals surface area contributed by atoms with E-state index in [2.05, 4.69) is 5.32 Å². The highest BCUT2D eigenvalue weighted by molar-refractivity contribution is 5.91. The Bertz CT molecular complexity index is 480. The van der Waals surface area contributed by atoms with Gasteiger partial charge in [0.15, 0.2) is 0 Å². The van der Waals surface area contributed by atoms with E-state index in [0.717, 1.165) is 6.54 Å². The first-order valence-corrected chi connectivity index (χ1v) is 6.99. The lowest BCUT2D eigenvalue weighted by Gasteiger charge is -2.31. The molecule has 0 spiro atoms. The van der Waals surface area contributed by atoms with Crippen LogP contribution in [0.15, 0.2) is 24.3 Å². The minimum absolute atomic E-state index is 0.123. The summed E-state index contributed by atoms with van der Waals surface area (Å²) in [5, 5.41) is 11.6. The van der Waals surface area contributed by atoms with Crippen molar-refractivity contribution in [3.63, 3.8) is 0 Å². The number of benzene rings is 1. The molecule has 2 amide bonds. The van der Waals surface area contributed by atoms with Crippen LogP contribution in [-0.4, -0.2) is 35.1 Å². The summed E-state index contributed by atoms with van der Waals surface area (Å²) in [7, 11) is 0. The van der Waals surface area contributed by atoms with Crippen LogP contribution in [0.4, 0.5) is 10.5 Å². The molecule has 108 valence electrons. The van der Waals surface area contributed by atoms with Crippen molar-refractivity contribution in [3.8, 4) is 0 Å². The Morgan fingerprint density at radius 2 is 1.95 bits per heavy atom. The molecule has 0 heterocycles. The lowest BCUT2D eigenvalue weighted by molar-refractivity contribution is 0.0697. The molecule has 0 atom stereocenters. The van der Waals surface area contributed by atoms with Gasteiger partial charge in [0.25, 0.3) is 0 Å². The Morgan fingerprint density at radius 3 is 2.40 bits per heavy atom. The van der Waals surface area contributed by atoms with Gasteiger partial charge in [-0.1, -0.05) is 6.42 Å². The van der Waals surface area contributed by atoms with E-state index >= 15 is 0 Å². The van der Waals surface area contributed by atoms with E-state index in [-0.39, 0.29) is 11.6 Å². The molecule has 2 N–H and O–H groups in total. The van der Waals surface area contributed by atoms with E-state index in [1.807, 2.05) is 6.92 Å². The van der Waals surface area contributed by atoms with Crippen molar-refractivity contribution in [2.75, 3.05) is 18.4 Å². The lowest BCUT2D eigenvalue weighted by atomic mass is 9.85. The molecule has 1 aliphatic carbocycles. The molecule has 1 aromatic rings. The normalized spacial score (nSPS) is 14.4. The van der Waals surface area contributed by atoms with Crippen molar-refractivity contribution in [2.24, 2.45) is 5.92 Å². The Kier molecular flexibility index (Phi) is 4.61. The number of anilines is 1. The van der Waals surface area contributed by atoms with Crippen LogP contribution in [-0.2, 0) is 0 Å². The zero-order valence-corrected chi connectivity index (χ0v) is 11.6. The number of urea groups is 1. The van der Waals surface area contributed by atoms with E-state index in [1.54, 1.807) is 17.0 Å². The molecule has 1 fully saturated rings. The predicted octanol–water partition coefficient (Wildman–Crippen LogP) is 3.04. The van der Waals surface area contributed by atoms with Gasteiger partial charge in [0.1, 0.15) is 0 Å². The van der Waals surface area contributed by atoms with Crippen molar-refractivity contribution in [2.45, 2.75) is 26.2 Å². The standard InChI is InChI=1S/C15H20N2O3/c1-2-17(10-11-4-3-5-11)15(20)16-13-8-6-12(7-9-13)14(18)19/h6-9,11H,2-5,10H2,1H3,(H,16,20)(H,18,19). The third kappa shape index (κ3) is 3.50. The van der Waals surface area contributed by atoms with E-state index in [1.165, 1.54) is 31.4 Å². The molecule has 20 heavy (non-hydrogen) atoms. The fourth-order valence-corrected chi connectivity index (χ4v) is 2.24. The molecule has 0 bridgehead atoms. The molecule has 2 rings (SSSR count). The van der Waals surface area contributed by atoms with Gasteiger partial charge >= 0.3 is 12.0 Å². The van der Waals surface area contributed by atoms with Gasteiger partial charge in [-0.2, -0.15) is 0 Å². The first kappa shape index (κ1) is 14.4. The minimum atomic E-state index is -0.969. The van der Waals surface area contributed by atoms with Crippen LogP contribution in [0, 0.1) is 5.92 Å². The number of carboxylic acids is 1. The molecule has 1 aliphatic rings. The summed E-state index contributed by atoms with van der Waals surface area (Å²) in [4.78, 5) is 24.7. The molecule has 0 aromatic heterocycles. The number of hydrogen-bond acceptors (Lipinski definition) is 2. The predicted molar refractivity (Wildman–Crippen MR) is 77.0 cm³/mol. The Labute approximate surface area is 118 Å². The average Bonchev–Trinajstić information content (AvgIpc) is 2.38. The second-order valence-electron chi connectivity index (χ2n) is 5.15. The molecule has 0 radical (unpaired) electrons. The number of amides is 2. The highest BCUT2D eigenvalue weighted by atomic mass is 16.4. The maximum Gasteiger partial charge on any atom is 0.335 e. The third-order valence-corrected chi connectivity index (χ3v) is 3.76. The van der Waals surface area contributed by atoms with Gasteiger partial charge in [0.05, 0.1) is 5.56 Å². The maximum atomic E-state index is 12.1. The van der Waals surface area contributed by atoms with Crippen molar-refractivity contribution in [1.82, 2.24) is 4.90 Å². The monoisotopic (exact) mass is 276 g/mol. The number of rotatable bonds is 5. The van der Waals surface area contributed by atoms with Gasteiger partial charge in [-0.3, -0.25) is 0 Å². The second kappa shape index (κ2) is 6.41. The maximum absolute atomic E-state index is 12.1. The number of aromatic carboxylic acids is 1. The van der Waals surface area contributed by atoms with E-state index in [4.69, 9.17) is 5.11 Å². The summed E-state index contributed by atoms with van der Waals surface area (Å²) in [6.07, 6.45) is 3.68. The summed E-state index contributed by atoms with van der Waals surface area (Å²) < 4.78 is 0. The fourth-order valence-electron chi connectivity index (χ4n) is 2.24. The second-order valence-corrected chi connectivity index (χ2v) is 5.15. The van der Waals surface area contributed by atoms with Crippen molar-refractivity contribution in [3.05, 3.63) is 29.8 Å². The van der Waals surface area contributed by atoms with Crippen LogP contribution in [0.1, 0.15) is 36.5 Å². The summed E-state index contributed by atoms with van der Waals surface area (Å²) in [6, 6.07) is 6.07. The summed E-state index contributed by atoms with van der Waals surface area (Å²) >= 11 is 0. The molecule has 5 nitrogen and oxygen atoms in total. The van der Waals surface area contributed by atoms with Gasteiger partial charge in [0, 0.05) is 18.8 Å². The molecule has 1 aromatic carbocycles. The van der Waals surface area contributed by atoms with Gasteiger partial charge < -0.3 is 15.3 Å². The molecule has 0 unspecified atom stereocenters. The Morgan fingerprint density at radius 1 is 1.30 bits per heavy atom. The number of hydrogen-bond donors (Lipinski definition) is 2. The fraction of sp³-hybridized carbons (Fsp3) is 0.467. The number of nitrogens with one attached hydrogen (secondary N) is 1. The number of nitrogens with zero attached hydrogens (tertiary/aromatic N) is 1. The Hall–Kier alpha value is -2.04. The number of carbonyl (C=O) groups excluding carboxylic acids is 1. The van der Waals surface area contributed by atoms with Gasteiger partial charge in [-0.05, 0) is 49.9 Å². The van der Waals surface area contributed by atoms with Crippen LogP contribution in [0.25, 0.3) is 0 Å². The van der Waals surface area contributed by atoms with Gasteiger partial charge in [-0.15, -0.1) is 0 Å². The van der Waals surface area contributed by atoms with E-state index < -0.39 is 5.97 Å². The van der Waals surface area contributed by atoms with Crippen molar-refractivity contribution >= 4 is 17.7 Å². The minimum Gasteiger partial charge on any atom is -0.478 e. The number of carboxylic acid groups (broad SMARTS) is 1. The zero-order chi connectivity index (χ0) is 14.5. The molecule has 0 saturated heterocycles. The quantitative estimate of drug-likeness (QED) is 0.868. The Balaban J connectivity index is 1.92. The largest absolute Gasteiger partial charge is 0.478 e. The van der Waals surface area contributed by atoms with Crippen LogP contribution in [0.5, 0.6) is 0 Å². The SMILES string of the molecule is CCN(CC1CCC1)C(=O)Nc1ccc(C(=O)O)cc1. The van der Waals surface area contributed by atoms with Crippen LogP contribution < -0.4 is 5.32 Å². The molecule has 5 heteroatoms. The molecule has 1 saturated carbocycles. The highest BCUT2D eigenvalue weighted by Crippen LogP contribution is 2.27. The lowest BCUT2D eigenvalue weighted by Crippen LogP contribution is -2.39. The summed E-state index contributed by atoms with van der Waals surface area (Å²) in [6.45, 7) is 3.44. The molecular formula is C15H20N2O3. The van der Waals surface area contributed by atoms with Gasteiger partial charge in [0.2, 0.25) is 0 Å². The molecule has 0 aliphatic heterocycles. The zero-order valence-electron chi connectivity index (χ0n) is 11.6. The molecular weight excluding hydrogens is 256 g/mol. The summed E-state index contributed by atoms with van der Waals surface area (Å²) in [5.41, 5.74) is 0.830. The number of carbonyl (C=O) groups is 2. The third-order valence-electron chi connectivity index (χ3n) is 3.76. The van der Waals surface area contributed by atoms with E-state index in [9.17, 15) is 9.59 Å². The van der Waals surface area contributed by atoms with Crippen LogP contribution >= 0.6 is 0 Å². The first-order valence-electron chi connectivity index (χ1n) is 6.99. The average molecular weight is 276 g/mol. The van der Waals surface area contributed by atoms with E-state index in [0.29, 0.717) is 18.2 Å². The topological polar surface area (TPSA) is 69.6 Å². The summed E-state index contributed by atoms with van der Waals surface area (Å²) in [5.74, 6) is -0.335. The first-order chi connectivity index (χ1) is 9.60. The van der Waals surface area contributed by atoms with Crippen LogP contribution in [0.2, 0.25) is 0 Å². The van der Waals surface area contributed by atoms with Crippen molar-refractivity contribution in [1.29, 1.82) is 0 Å². The van der Waals surface area contributed by atoms with Gasteiger partial charge in [-0.25, -0.2) is 9.59 Å². The smallest absolute Gasteiger partial charge is 0.335 e. The van der Waals surface area contributed by atoms with Crippen LogP contribution in [0.3, 0.4) is 0 Å². The highest BCUT2D eigenvalue weighted by Gasteiger charge is 2.22.